The molecule has 1 aliphatic rings. The number of carbonyl (C=O) groups is 1. The van der Waals surface area contributed by atoms with Gasteiger partial charge in [-0.3, -0.25) is 14.3 Å². The molecular formula is C22H26N4O5S. The second-order valence-electron chi connectivity index (χ2n) is 8.45. The number of pyridine rings is 1. The SMILES string of the molecule is CC1CC(C)CN(S(=O)(=O)c2ccc3c(c2)oc(=O)n3CC(=O)NCc2ccccn2)C1. The molecule has 10 heteroatoms. The fourth-order valence-electron chi connectivity index (χ4n) is 4.20. The second kappa shape index (κ2) is 8.87. The zero-order valence-electron chi connectivity index (χ0n) is 18.0. The minimum atomic E-state index is -3.71. The van der Waals surface area contributed by atoms with Crippen molar-refractivity contribution in [3.63, 3.8) is 0 Å². The lowest BCUT2D eigenvalue weighted by Gasteiger charge is -2.34. The normalized spacial score (nSPS) is 19.8. The molecule has 0 bridgehead atoms. The molecule has 2 atom stereocenters. The van der Waals surface area contributed by atoms with Crippen LogP contribution in [0.5, 0.6) is 0 Å². The number of fused-ring (bicyclic) bond motifs is 1. The number of nitrogens with zero attached hydrogens (tertiary/aromatic N) is 3. The van der Waals surface area contributed by atoms with Gasteiger partial charge >= 0.3 is 5.76 Å². The number of hydrogen-bond acceptors (Lipinski definition) is 6. The van der Waals surface area contributed by atoms with Crippen molar-refractivity contribution in [3.8, 4) is 0 Å². The van der Waals surface area contributed by atoms with Crippen molar-refractivity contribution < 1.29 is 17.6 Å². The first-order valence-corrected chi connectivity index (χ1v) is 12.0. The Morgan fingerprint density at radius 1 is 1.19 bits per heavy atom. The smallest absolute Gasteiger partial charge is 0.408 e. The summed E-state index contributed by atoms with van der Waals surface area (Å²) in [5.74, 6) is -0.544. The van der Waals surface area contributed by atoms with Gasteiger partial charge in [-0.25, -0.2) is 13.2 Å². The fraction of sp³-hybridized carbons (Fsp3) is 0.409. The largest absolute Gasteiger partial charge is 0.420 e. The van der Waals surface area contributed by atoms with Crippen LogP contribution in [0.1, 0.15) is 26.0 Å². The van der Waals surface area contributed by atoms with E-state index in [0.29, 0.717) is 24.3 Å². The fourth-order valence-corrected chi connectivity index (χ4v) is 5.89. The Hall–Kier alpha value is -2.98. The van der Waals surface area contributed by atoms with Crippen LogP contribution in [0.2, 0.25) is 0 Å². The van der Waals surface area contributed by atoms with Gasteiger partial charge < -0.3 is 9.73 Å². The van der Waals surface area contributed by atoms with Crippen LogP contribution in [0.3, 0.4) is 0 Å². The molecule has 1 aromatic carbocycles. The second-order valence-corrected chi connectivity index (χ2v) is 10.4. The number of hydrogen-bond donors (Lipinski definition) is 1. The van der Waals surface area contributed by atoms with Crippen molar-refractivity contribution in [1.82, 2.24) is 19.2 Å². The van der Waals surface area contributed by atoms with E-state index in [9.17, 15) is 18.0 Å². The van der Waals surface area contributed by atoms with E-state index in [1.807, 2.05) is 19.9 Å². The van der Waals surface area contributed by atoms with Crippen LogP contribution < -0.4 is 11.1 Å². The summed E-state index contributed by atoms with van der Waals surface area (Å²) in [6.45, 7) is 5.00. The van der Waals surface area contributed by atoms with Gasteiger partial charge in [-0.2, -0.15) is 4.31 Å². The van der Waals surface area contributed by atoms with E-state index in [0.717, 1.165) is 6.42 Å². The lowest BCUT2D eigenvalue weighted by Crippen LogP contribution is -2.42. The molecular weight excluding hydrogens is 432 g/mol. The van der Waals surface area contributed by atoms with Crippen LogP contribution in [0, 0.1) is 11.8 Å². The number of benzene rings is 1. The van der Waals surface area contributed by atoms with Gasteiger partial charge in [0.15, 0.2) is 5.58 Å². The summed E-state index contributed by atoms with van der Waals surface area (Å²) in [5, 5.41) is 2.71. The first kappa shape index (κ1) is 22.2. The molecule has 1 saturated heterocycles. The maximum absolute atomic E-state index is 13.1. The third-order valence-electron chi connectivity index (χ3n) is 5.61. The molecule has 1 fully saturated rings. The molecule has 2 aromatic heterocycles. The average molecular weight is 459 g/mol. The van der Waals surface area contributed by atoms with Crippen LogP contribution in [0.25, 0.3) is 11.1 Å². The number of nitrogens with one attached hydrogen (secondary N) is 1. The Kier molecular flexibility index (Phi) is 6.16. The predicted octanol–water partition coefficient (Wildman–Crippen LogP) is 1.97. The Morgan fingerprint density at radius 2 is 1.94 bits per heavy atom. The Labute approximate surface area is 186 Å². The summed E-state index contributed by atoms with van der Waals surface area (Å²) < 4.78 is 34.2. The van der Waals surface area contributed by atoms with E-state index < -0.39 is 15.8 Å². The van der Waals surface area contributed by atoms with Gasteiger partial charge in [0.1, 0.15) is 6.54 Å². The number of aromatic nitrogens is 2. The van der Waals surface area contributed by atoms with Crippen LogP contribution in [0.15, 0.2) is 56.7 Å². The van der Waals surface area contributed by atoms with Crippen molar-refractivity contribution in [3.05, 3.63) is 58.8 Å². The Bertz CT molecular complexity index is 1270. The zero-order chi connectivity index (χ0) is 22.9. The number of carbonyl (C=O) groups excluding carboxylic acids is 1. The van der Waals surface area contributed by atoms with Gasteiger partial charge in [-0.1, -0.05) is 19.9 Å². The molecule has 0 spiro atoms. The number of rotatable bonds is 6. The van der Waals surface area contributed by atoms with Gasteiger partial charge in [0.25, 0.3) is 0 Å². The summed E-state index contributed by atoms with van der Waals surface area (Å²) in [5.41, 5.74) is 1.19. The standard InChI is InChI=1S/C22H26N4O5S/c1-15-9-16(2)13-25(12-15)32(29,30)18-6-7-19-20(10-18)31-22(28)26(19)14-21(27)24-11-17-5-3-4-8-23-17/h3-8,10,15-16H,9,11-14H2,1-2H3,(H,24,27). The van der Waals surface area contributed by atoms with Gasteiger partial charge in [0.2, 0.25) is 15.9 Å². The molecule has 32 heavy (non-hydrogen) atoms. The summed E-state index contributed by atoms with van der Waals surface area (Å²) in [6.07, 6.45) is 2.62. The molecule has 9 nitrogen and oxygen atoms in total. The molecule has 3 aromatic rings. The van der Waals surface area contributed by atoms with E-state index in [-0.39, 0.29) is 41.3 Å². The summed E-state index contributed by atoms with van der Waals surface area (Å²) in [7, 11) is -3.71. The van der Waals surface area contributed by atoms with Crippen LogP contribution in [-0.2, 0) is 27.9 Å². The van der Waals surface area contributed by atoms with E-state index >= 15 is 0 Å². The van der Waals surface area contributed by atoms with Crippen LogP contribution >= 0.6 is 0 Å². The van der Waals surface area contributed by atoms with Gasteiger partial charge in [0, 0.05) is 25.4 Å². The van der Waals surface area contributed by atoms with Crippen LogP contribution in [0.4, 0.5) is 0 Å². The maximum atomic E-state index is 13.1. The maximum Gasteiger partial charge on any atom is 0.420 e. The lowest BCUT2D eigenvalue weighted by atomic mass is 9.94. The summed E-state index contributed by atoms with van der Waals surface area (Å²) in [4.78, 5) is 28.9. The number of piperidine rings is 1. The van der Waals surface area contributed by atoms with E-state index in [4.69, 9.17) is 4.42 Å². The molecule has 1 aliphatic heterocycles. The summed E-state index contributed by atoms with van der Waals surface area (Å²) in [6, 6.07) is 9.71. The molecule has 170 valence electrons. The van der Waals surface area contributed by atoms with Crippen molar-refractivity contribution in [2.24, 2.45) is 11.8 Å². The summed E-state index contributed by atoms with van der Waals surface area (Å²) >= 11 is 0. The first-order chi connectivity index (χ1) is 15.2. The zero-order valence-corrected chi connectivity index (χ0v) is 18.8. The Morgan fingerprint density at radius 3 is 2.62 bits per heavy atom. The number of sulfonamides is 1. The van der Waals surface area contributed by atoms with Crippen molar-refractivity contribution >= 4 is 27.0 Å². The van der Waals surface area contributed by atoms with Crippen molar-refractivity contribution in [2.45, 2.75) is 38.3 Å². The minimum absolute atomic E-state index is 0.0757. The van der Waals surface area contributed by atoms with E-state index in [1.165, 1.54) is 27.1 Å². The lowest BCUT2D eigenvalue weighted by molar-refractivity contribution is -0.121. The highest BCUT2D eigenvalue weighted by molar-refractivity contribution is 7.89. The highest BCUT2D eigenvalue weighted by Crippen LogP contribution is 2.28. The van der Waals surface area contributed by atoms with Crippen molar-refractivity contribution in [1.29, 1.82) is 0 Å². The average Bonchev–Trinajstić information content (AvgIpc) is 3.06. The highest BCUT2D eigenvalue weighted by Gasteiger charge is 2.32. The molecule has 3 heterocycles. The van der Waals surface area contributed by atoms with Gasteiger partial charge in [0.05, 0.1) is 22.7 Å². The molecule has 0 aliphatic carbocycles. The minimum Gasteiger partial charge on any atom is -0.408 e. The third-order valence-corrected chi connectivity index (χ3v) is 7.44. The molecule has 4 rings (SSSR count). The third kappa shape index (κ3) is 4.61. The highest BCUT2D eigenvalue weighted by atomic mass is 32.2. The molecule has 0 radical (unpaired) electrons. The predicted molar refractivity (Wildman–Crippen MR) is 118 cm³/mol. The van der Waals surface area contributed by atoms with Crippen LogP contribution in [-0.4, -0.2) is 41.3 Å². The monoisotopic (exact) mass is 458 g/mol. The molecule has 1 amide bonds. The molecule has 1 N–H and O–H groups in total. The molecule has 0 saturated carbocycles. The molecule has 2 unspecified atom stereocenters. The topological polar surface area (TPSA) is 115 Å². The van der Waals surface area contributed by atoms with Crippen molar-refractivity contribution in [2.75, 3.05) is 13.1 Å². The van der Waals surface area contributed by atoms with Gasteiger partial charge in [-0.05, 0) is 42.5 Å². The van der Waals surface area contributed by atoms with Gasteiger partial charge in [-0.15, -0.1) is 0 Å². The first-order valence-electron chi connectivity index (χ1n) is 10.5. The van der Waals surface area contributed by atoms with E-state index in [1.54, 1.807) is 18.3 Å². The quantitative estimate of drug-likeness (QED) is 0.604. The van der Waals surface area contributed by atoms with E-state index in [2.05, 4.69) is 10.3 Å². The number of oxazole rings is 1. The number of amides is 1. The Balaban J connectivity index is 1.54.